The molecule has 5 nitrogen and oxygen atoms in total. The number of hydrogen-bond donors (Lipinski definition) is 1. The van der Waals surface area contributed by atoms with Crippen molar-refractivity contribution in [3.05, 3.63) is 60.2 Å². The van der Waals surface area contributed by atoms with Gasteiger partial charge in [0.2, 0.25) is 5.91 Å². The number of rotatable bonds is 5. The Balaban J connectivity index is 2.14. The van der Waals surface area contributed by atoms with Crippen LogP contribution in [0.3, 0.4) is 0 Å². The Morgan fingerprint density at radius 3 is 2.38 bits per heavy atom. The molecule has 2 rings (SSSR count). The summed E-state index contributed by atoms with van der Waals surface area (Å²) >= 11 is 1.60. The quantitative estimate of drug-likeness (QED) is 0.839. The summed E-state index contributed by atoms with van der Waals surface area (Å²) in [5, 5.41) is 11.4. The van der Waals surface area contributed by atoms with Gasteiger partial charge in [-0.05, 0) is 36.1 Å². The van der Waals surface area contributed by atoms with E-state index in [0.29, 0.717) is 5.69 Å². The van der Waals surface area contributed by atoms with Crippen molar-refractivity contribution in [3.8, 4) is 6.07 Å². The standard InChI is InChI=1S/C18H17N3O2S/c1-24-16-9-7-15(8-10-16)20-18(23)21(17(22)11-12-19)13-14-5-3-2-4-6-14/h2-10H,11,13H2,1H3,(H,20,23). The second kappa shape index (κ2) is 8.75. The Hall–Kier alpha value is -2.78. The molecule has 24 heavy (non-hydrogen) atoms. The summed E-state index contributed by atoms with van der Waals surface area (Å²) in [6.45, 7) is 0.121. The van der Waals surface area contributed by atoms with Crippen LogP contribution in [0.4, 0.5) is 10.5 Å². The SMILES string of the molecule is CSc1ccc(NC(=O)N(Cc2ccccc2)C(=O)CC#N)cc1. The van der Waals surface area contributed by atoms with Crippen molar-refractivity contribution >= 4 is 29.4 Å². The molecule has 0 saturated carbocycles. The molecule has 0 spiro atoms. The molecule has 0 aromatic heterocycles. The van der Waals surface area contributed by atoms with E-state index < -0.39 is 11.9 Å². The van der Waals surface area contributed by atoms with Gasteiger partial charge in [0.05, 0.1) is 12.6 Å². The lowest BCUT2D eigenvalue weighted by Gasteiger charge is -2.20. The van der Waals surface area contributed by atoms with Crippen LogP contribution in [0.1, 0.15) is 12.0 Å². The Bertz CT molecular complexity index is 739. The Morgan fingerprint density at radius 1 is 1.12 bits per heavy atom. The van der Waals surface area contributed by atoms with E-state index in [0.717, 1.165) is 15.4 Å². The van der Waals surface area contributed by atoms with Crippen molar-refractivity contribution < 1.29 is 9.59 Å². The first-order valence-corrected chi connectivity index (χ1v) is 8.53. The van der Waals surface area contributed by atoms with Gasteiger partial charge in [-0.3, -0.25) is 9.69 Å². The first-order chi connectivity index (χ1) is 11.6. The highest BCUT2D eigenvalue weighted by Gasteiger charge is 2.21. The third-order valence-corrected chi connectivity index (χ3v) is 4.04. The number of hydrogen-bond acceptors (Lipinski definition) is 4. The van der Waals surface area contributed by atoms with E-state index in [1.54, 1.807) is 30.0 Å². The number of nitrogens with one attached hydrogen (secondary N) is 1. The molecule has 6 heteroatoms. The van der Waals surface area contributed by atoms with Crippen molar-refractivity contribution in [1.29, 1.82) is 5.26 Å². The van der Waals surface area contributed by atoms with Gasteiger partial charge in [0, 0.05) is 10.6 Å². The molecular weight excluding hydrogens is 322 g/mol. The number of imide groups is 1. The van der Waals surface area contributed by atoms with Gasteiger partial charge >= 0.3 is 6.03 Å². The monoisotopic (exact) mass is 339 g/mol. The summed E-state index contributed by atoms with van der Waals surface area (Å²) < 4.78 is 0. The lowest BCUT2D eigenvalue weighted by molar-refractivity contribution is -0.127. The van der Waals surface area contributed by atoms with Crippen LogP contribution < -0.4 is 5.32 Å². The molecule has 2 aromatic rings. The molecule has 0 unspecified atom stereocenters. The molecule has 0 aliphatic rings. The number of nitriles is 1. The molecular formula is C18H17N3O2S. The normalized spacial score (nSPS) is 9.83. The van der Waals surface area contributed by atoms with Crippen LogP contribution in [-0.4, -0.2) is 23.1 Å². The van der Waals surface area contributed by atoms with E-state index in [2.05, 4.69) is 5.32 Å². The zero-order valence-corrected chi connectivity index (χ0v) is 14.0. The summed E-state index contributed by atoms with van der Waals surface area (Å²) in [6.07, 6.45) is 1.63. The fraction of sp³-hybridized carbons (Fsp3) is 0.167. The topological polar surface area (TPSA) is 73.2 Å². The van der Waals surface area contributed by atoms with E-state index in [9.17, 15) is 9.59 Å². The number of amides is 3. The minimum absolute atomic E-state index is 0.121. The highest BCUT2D eigenvalue weighted by Crippen LogP contribution is 2.18. The van der Waals surface area contributed by atoms with Crippen LogP contribution >= 0.6 is 11.8 Å². The summed E-state index contributed by atoms with van der Waals surface area (Å²) in [5.74, 6) is -0.528. The summed E-state index contributed by atoms with van der Waals surface area (Å²) in [5.41, 5.74) is 1.41. The third-order valence-electron chi connectivity index (χ3n) is 3.30. The maximum Gasteiger partial charge on any atom is 0.328 e. The second-order valence-electron chi connectivity index (χ2n) is 4.96. The molecule has 0 radical (unpaired) electrons. The highest BCUT2D eigenvalue weighted by molar-refractivity contribution is 7.98. The van der Waals surface area contributed by atoms with Crippen LogP contribution in [0.2, 0.25) is 0 Å². The summed E-state index contributed by atoms with van der Waals surface area (Å²) in [4.78, 5) is 26.7. The third kappa shape index (κ3) is 4.86. The largest absolute Gasteiger partial charge is 0.328 e. The lowest BCUT2D eigenvalue weighted by atomic mass is 10.2. The van der Waals surface area contributed by atoms with Crippen molar-refractivity contribution in [2.24, 2.45) is 0 Å². The van der Waals surface area contributed by atoms with Crippen molar-refractivity contribution in [3.63, 3.8) is 0 Å². The van der Waals surface area contributed by atoms with Crippen molar-refractivity contribution in [2.75, 3.05) is 11.6 Å². The predicted molar refractivity (Wildman–Crippen MR) is 94.5 cm³/mol. The molecule has 0 saturated heterocycles. The molecule has 3 amide bonds. The zero-order valence-electron chi connectivity index (χ0n) is 13.2. The number of carbonyl (C=O) groups excluding carboxylic acids is 2. The molecule has 2 aromatic carbocycles. The van der Waals surface area contributed by atoms with Crippen LogP contribution in [-0.2, 0) is 11.3 Å². The average molecular weight is 339 g/mol. The maximum absolute atomic E-state index is 12.5. The van der Waals surface area contributed by atoms with Crippen LogP contribution in [0.5, 0.6) is 0 Å². The fourth-order valence-electron chi connectivity index (χ4n) is 2.07. The smallest absolute Gasteiger partial charge is 0.307 e. The number of carbonyl (C=O) groups is 2. The van der Waals surface area contributed by atoms with Crippen molar-refractivity contribution in [1.82, 2.24) is 4.90 Å². The van der Waals surface area contributed by atoms with Crippen LogP contribution in [0.25, 0.3) is 0 Å². The molecule has 0 aliphatic carbocycles. The van der Waals surface area contributed by atoms with Gasteiger partial charge in [-0.25, -0.2) is 4.79 Å². The van der Waals surface area contributed by atoms with Gasteiger partial charge in [0.1, 0.15) is 6.42 Å². The number of thioether (sulfide) groups is 1. The van der Waals surface area contributed by atoms with Gasteiger partial charge in [0.25, 0.3) is 0 Å². The van der Waals surface area contributed by atoms with E-state index in [4.69, 9.17) is 5.26 Å². The Labute approximate surface area is 145 Å². The number of nitrogens with zero attached hydrogens (tertiary/aromatic N) is 2. The first kappa shape index (κ1) is 17.6. The average Bonchev–Trinajstić information content (AvgIpc) is 2.61. The van der Waals surface area contributed by atoms with E-state index in [1.165, 1.54) is 0 Å². The van der Waals surface area contributed by atoms with Crippen LogP contribution in [0.15, 0.2) is 59.5 Å². The molecule has 0 bridgehead atoms. The summed E-state index contributed by atoms with van der Waals surface area (Å²) in [6, 6.07) is 17.8. The summed E-state index contributed by atoms with van der Waals surface area (Å²) in [7, 11) is 0. The maximum atomic E-state index is 12.5. The van der Waals surface area contributed by atoms with E-state index in [1.807, 2.05) is 48.7 Å². The van der Waals surface area contributed by atoms with Gasteiger partial charge in [-0.15, -0.1) is 11.8 Å². The lowest BCUT2D eigenvalue weighted by Crippen LogP contribution is -2.39. The number of urea groups is 1. The molecule has 0 fully saturated rings. The fourth-order valence-corrected chi connectivity index (χ4v) is 2.48. The predicted octanol–water partition coefficient (Wildman–Crippen LogP) is 3.88. The molecule has 0 atom stereocenters. The molecule has 1 N–H and O–H groups in total. The van der Waals surface area contributed by atoms with E-state index in [-0.39, 0.29) is 13.0 Å². The molecule has 0 aliphatic heterocycles. The van der Waals surface area contributed by atoms with E-state index >= 15 is 0 Å². The van der Waals surface area contributed by atoms with Gasteiger partial charge in [-0.1, -0.05) is 30.3 Å². The highest BCUT2D eigenvalue weighted by atomic mass is 32.2. The Morgan fingerprint density at radius 2 is 1.79 bits per heavy atom. The van der Waals surface area contributed by atoms with Crippen LogP contribution in [0, 0.1) is 11.3 Å². The zero-order chi connectivity index (χ0) is 17.4. The van der Waals surface area contributed by atoms with Gasteiger partial charge in [-0.2, -0.15) is 5.26 Å². The Kier molecular flexibility index (Phi) is 6.41. The minimum Gasteiger partial charge on any atom is -0.307 e. The minimum atomic E-state index is -0.545. The van der Waals surface area contributed by atoms with Gasteiger partial charge in [0.15, 0.2) is 0 Å². The second-order valence-corrected chi connectivity index (χ2v) is 5.84. The number of benzene rings is 2. The molecule has 0 heterocycles. The molecule has 122 valence electrons. The number of anilines is 1. The van der Waals surface area contributed by atoms with Crippen molar-refractivity contribution in [2.45, 2.75) is 17.9 Å². The van der Waals surface area contributed by atoms with Gasteiger partial charge < -0.3 is 5.32 Å². The first-order valence-electron chi connectivity index (χ1n) is 7.30.